The molecule has 1 atom stereocenters. The Kier molecular flexibility index (Phi) is 3.44. The third-order valence-electron chi connectivity index (χ3n) is 2.98. The first kappa shape index (κ1) is 12.5. The molecule has 2 aromatic rings. The highest BCUT2D eigenvalue weighted by atomic mass is 35.5. The Balaban J connectivity index is 1.79. The number of benzene rings is 1. The lowest BCUT2D eigenvalue weighted by Gasteiger charge is -2.11. The van der Waals surface area contributed by atoms with Crippen LogP contribution in [0.1, 0.15) is 11.5 Å². The molecule has 1 aliphatic heterocycles. The van der Waals surface area contributed by atoms with E-state index in [0.29, 0.717) is 11.0 Å². The topological polar surface area (TPSA) is 42.0 Å². The summed E-state index contributed by atoms with van der Waals surface area (Å²) in [5.41, 5.74) is 1.09. The summed E-state index contributed by atoms with van der Waals surface area (Å²) in [4.78, 5) is 17.5. The van der Waals surface area contributed by atoms with Gasteiger partial charge in [-0.1, -0.05) is 35.9 Å². The number of amides is 1. The number of hydrogen-bond donors (Lipinski definition) is 1. The molecule has 1 amide bonds. The Morgan fingerprint density at radius 1 is 1.26 bits per heavy atom. The minimum atomic E-state index is -0.123. The van der Waals surface area contributed by atoms with Crippen molar-refractivity contribution in [1.29, 1.82) is 0 Å². The maximum Gasteiger partial charge on any atom is 0.233 e. The lowest BCUT2D eigenvalue weighted by molar-refractivity contribution is -0.117. The molecule has 0 saturated carbocycles. The fraction of sp³-hybridized carbons (Fsp3) is 0.143. The van der Waals surface area contributed by atoms with Crippen molar-refractivity contribution in [2.24, 2.45) is 0 Å². The van der Waals surface area contributed by atoms with E-state index in [1.807, 2.05) is 24.3 Å². The van der Waals surface area contributed by atoms with E-state index in [4.69, 9.17) is 11.6 Å². The van der Waals surface area contributed by atoms with Crippen LogP contribution in [0.5, 0.6) is 0 Å². The second kappa shape index (κ2) is 5.23. The Hall–Kier alpha value is -1.52. The van der Waals surface area contributed by atoms with Gasteiger partial charge in [0.1, 0.15) is 11.0 Å². The van der Waals surface area contributed by atoms with Crippen LogP contribution >= 0.6 is 23.4 Å². The fourth-order valence-electron chi connectivity index (χ4n) is 2.07. The van der Waals surface area contributed by atoms with Gasteiger partial charge >= 0.3 is 0 Å². The van der Waals surface area contributed by atoms with E-state index in [1.54, 1.807) is 30.0 Å². The van der Waals surface area contributed by atoms with Crippen LogP contribution in [0.4, 0.5) is 5.82 Å². The first-order valence-electron chi connectivity index (χ1n) is 5.89. The van der Waals surface area contributed by atoms with Gasteiger partial charge in [0, 0.05) is 10.6 Å². The summed E-state index contributed by atoms with van der Waals surface area (Å²) in [6.07, 6.45) is 0. The van der Waals surface area contributed by atoms with Crippen molar-refractivity contribution < 1.29 is 4.79 Å². The van der Waals surface area contributed by atoms with Crippen molar-refractivity contribution >= 4 is 35.1 Å². The summed E-state index contributed by atoms with van der Waals surface area (Å²) in [6.45, 7) is 0. The number of rotatable bonds is 2. The number of nitrogens with zero attached hydrogens (tertiary/aromatic N) is 1. The molecule has 19 heavy (non-hydrogen) atoms. The summed E-state index contributed by atoms with van der Waals surface area (Å²) in [6, 6.07) is 13.2. The van der Waals surface area contributed by atoms with Gasteiger partial charge in [0.15, 0.2) is 0 Å². The third-order valence-corrected chi connectivity index (χ3v) is 4.38. The highest BCUT2D eigenvalue weighted by Gasteiger charge is 2.29. The van der Waals surface area contributed by atoms with Gasteiger partial charge in [0.05, 0.1) is 5.92 Å². The van der Waals surface area contributed by atoms with Crippen LogP contribution in [-0.2, 0) is 4.79 Å². The molecule has 0 bridgehead atoms. The van der Waals surface area contributed by atoms with E-state index in [0.717, 1.165) is 11.3 Å². The monoisotopic (exact) mass is 290 g/mol. The molecule has 3 nitrogen and oxygen atoms in total. The number of fused-ring (bicyclic) bond motifs is 1. The smallest absolute Gasteiger partial charge is 0.233 e. The van der Waals surface area contributed by atoms with Gasteiger partial charge in [-0.15, -0.1) is 11.8 Å². The van der Waals surface area contributed by atoms with Gasteiger partial charge in [-0.3, -0.25) is 4.79 Å². The van der Waals surface area contributed by atoms with Crippen molar-refractivity contribution in [2.75, 3.05) is 11.1 Å². The lowest BCUT2D eigenvalue weighted by atomic mass is 10.0. The van der Waals surface area contributed by atoms with Crippen molar-refractivity contribution in [2.45, 2.75) is 10.8 Å². The molecule has 96 valence electrons. The molecule has 1 N–H and O–H groups in total. The first-order valence-corrected chi connectivity index (χ1v) is 7.25. The molecule has 1 aliphatic rings. The molecule has 0 spiro atoms. The van der Waals surface area contributed by atoms with Gasteiger partial charge in [-0.25, -0.2) is 4.98 Å². The predicted molar refractivity (Wildman–Crippen MR) is 77.8 cm³/mol. The predicted octanol–water partition coefficient (Wildman–Crippen LogP) is 3.56. The number of nitrogens with one attached hydrogen (secondary N) is 1. The van der Waals surface area contributed by atoms with Crippen molar-refractivity contribution in [3.63, 3.8) is 0 Å². The number of aromatic nitrogens is 1. The number of carbonyl (C=O) groups excluding carboxylic acids is 1. The van der Waals surface area contributed by atoms with Gasteiger partial charge in [-0.2, -0.15) is 0 Å². The standard InChI is InChI=1S/C14H11ClN2OS/c15-12-6-3-7-13(16-12)17-14(18)10-8-19-11-5-2-1-4-9(10)11/h1-7,10H,8H2,(H,16,17,18). The van der Waals surface area contributed by atoms with Crippen LogP contribution in [0.15, 0.2) is 47.4 Å². The summed E-state index contributed by atoms with van der Waals surface area (Å²) in [7, 11) is 0. The zero-order valence-corrected chi connectivity index (χ0v) is 11.5. The van der Waals surface area contributed by atoms with E-state index in [-0.39, 0.29) is 11.8 Å². The van der Waals surface area contributed by atoms with E-state index in [2.05, 4.69) is 10.3 Å². The van der Waals surface area contributed by atoms with Crippen molar-refractivity contribution in [3.8, 4) is 0 Å². The van der Waals surface area contributed by atoms with E-state index >= 15 is 0 Å². The first-order chi connectivity index (χ1) is 9.24. The van der Waals surface area contributed by atoms with Crippen LogP contribution in [0.2, 0.25) is 5.15 Å². The van der Waals surface area contributed by atoms with Gasteiger partial charge in [0.2, 0.25) is 5.91 Å². The Labute approximate surface area is 120 Å². The maximum atomic E-state index is 12.3. The molecule has 3 rings (SSSR count). The molecule has 0 radical (unpaired) electrons. The van der Waals surface area contributed by atoms with Crippen molar-refractivity contribution in [3.05, 3.63) is 53.2 Å². The number of hydrogen-bond acceptors (Lipinski definition) is 3. The molecule has 1 aromatic heterocycles. The van der Waals surface area contributed by atoms with Crippen LogP contribution < -0.4 is 5.32 Å². The number of anilines is 1. The number of carbonyl (C=O) groups is 1. The number of pyridine rings is 1. The highest BCUT2D eigenvalue weighted by Crippen LogP contribution is 2.39. The minimum Gasteiger partial charge on any atom is -0.310 e. The Bertz CT molecular complexity index is 632. The van der Waals surface area contributed by atoms with E-state index in [1.165, 1.54) is 4.90 Å². The highest BCUT2D eigenvalue weighted by molar-refractivity contribution is 7.99. The largest absolute Gasteiger partial charge is 0.310 e. The summed E-state index contributed by atoms with van der Waals surface area (Å²) >= 11 is 7.51. The maximum absolute atomic E-state index is 12.3. The second-order valence-electron chi connectivity index (χ2n) is 4.24. The Morgan fingerprint density at radius 3 is 2.95 bits per heavy atom. The van der Waals surface area contributed by atoms with E-state index < -0.39 is 0 Å². The third kappa shape index (κ3) is 2.60. The molecule has 1 aromatic carbocycles. The molecule has 0 aliphatic carbocycles. The van der Waals surface area contributed by atoms with Crippen LogP contribution in [0, 0.1) is 0 Å². The summed E-state index contributed by atoms with van der Waals surface area (Å²) in [5.74, 6) is 1.10. The zero-order valence-electron chi connectivity index (χ0n) is 9.97. The van der Waals surface area contributed by atoms with E-state index in [9.17, 15) is 4.79 Å². The minimum absolute atomic E-state index is 0.0350. The molecule has 1 unspecified atom stereocenters. The van der Waals surface area contributed by atoms with Crippen LogP contribution in [0.3, 0.4) is 0 Å². The average Bonchev–Trinajstić information content (AvgIpc) is 2.82. The van der Waals surface area contributed by atoms with Gasteiger partial charge < -0.3 is 5.32 Å². The van der Waals surface area contributed by atoms with Gasteiger partial charge in [0.25, 0.3) is 0 Å². The Morgan fingerprint density at radius 2 is 2.11 bits per heavy atom. The molecule has 0 fully saturated rings. The normalized spacial score (nSPS) is 17.0. The zero-order chi connectivity index (χ0) is 13.2. The quantitative estimate of drug-likeness (QED) is 0.860. The lowest BCUT2D eigenvalue weighted by Crippen LogP contribution is -2.21. The summed E-state index contributed by atoms with van der Waals surface area (Å²) in [5, 5.41) is 3.19. The van der Waals surface area contributed by atoms with Crippen molar-refractivity contribution in [1.82, 2.24) is 4.98 Å². The number of thioether (sulfide) groups is 1. The summed E-state index contributed by atoms with van der Waals surface area (Å²) < 4.78 is 0. The average molecular weight is 291 g/mol. The molecular weight excluding hydrogens is 280 g/mol. The fourth-order valence-corrected chi connectivity index (χ4v) is 3.46. The molecule has 2 heterocycles. The molecule has 0 saturated heterocycles. The number of halogens is 1. The second-order valence-corrected chi connectivity index (χ2v) is 5.69. The van der Waals surface area contributed by atoms with Crippen LogP contribution in [-0.4, -0.2) is 16.6 Å². The van der Waals surface area contributed by atoms with Gasteiger partial charge in [-0.05, 0) is 23.8 Å². The molecular formula is C14H11ClN2OS. The SMILES string of the molecule is O=C(Nc1cccc(Cl)n1)C1CSc2ccccc21. The van der Waals surface area contributed by atoms with Crippen LogP contribution in [0.25, 0.3) is 0 Å². The molecule has 5 heteroatoms.